The Balaban J connectivity index is 2.21. The molecule has 0 aromatic carbocycles. The number of ether oxygens (including phenoxy) is 2. The largest absolute Gasteiger partial charge is 0.469 e. The van der Waals surface area contributed by atoms with Crippen LogP contribution in [-0.4, -0.2) is 41.8 Å². The quantitative estimate of drug-likeness (QED) is 0.689. The van der Waals surface area contributed by atoms with Gasteiger partial charge in [0.2, 0.25) is 5.76 Å². The molecule has 2 aromatic heterocycles. The van der Waals surface area contributed by atoms with Crippen molar-refractivity contribution in [1.82, 2.24) is 9.78 Å². The molecule has 0 unspecified atom stereocenters. The van der Waals surface area contributed by atoms with E-state index in [0.29, 0.717) is 0 Å². The second-order valence-electron chi connectivity index (χ2n) is 5.98. The van der Waals surface area contributed by atoms with Crippen LogP contribution in [0.2, 0.25) is 0 Å². The van der Waals surface area contributed by atoms with Gasteiger partial charge >= 0.3 is 18.1 Å². The fraction of sp³-hybridized carbons (Fsp3) is 0.412. The van der Waals surface area contributed by atoms with Crippen LogP contribution in [0.25, 0.3) is 0 Å². The molecule has 29 heavy (non-hydrogen) atoms. The molecule has 2 aromatic rings. The molecule has 12 heteroatoms. The van der Waals surface area contributed by atoms with Crippen LogP contribution in [-0.2, 0) is 25.2 Å². The van der Waals surface area contributed by atoms with Gasteiger partial charge in [0, 0.05) is 6.20 Å². The summed E-state index contributed by atoms with van der Waals surface area (Å²) in [5.41, 5.74) is -0.620. The maximum Gasteiger partial charge on any atom is 0.450 e. The van der Waals surface area contributed by atoms with Gasteiger partial charge in [-0.05, 0) is 13.0 Å². The molecular weight excluding hydrogens is 399 g/mol. The van der Waals surface area contributed by atoms with Gasteiger partial charge in [-0.2, -0.15) is 18.3 Å². The van der Waals surface area contributed by atoms with Gasteiger partial charge in [0.1, 0.15) is 5.76 Å². The van der Waals surface area contributed by atoms with Gasteiger partial charge in [0.15, 0.2) is 0 Å². The number of halogens is 3. The first kappa shape index (κ1) is 22.0. The predicted molar refractivity (Wildman–Crippen MR) is 90.9 cm³/mol. The standard InChI is InChI=1S/C17H18F3N3O6/c1-9-4-12(15(29-9)17(18,19)20)16(26)22-10-7-21-23(8-10)11(5-13(24)27-2)6-14(25)28-3/h4,7-8,11H,5-6H2,1-3H3,(H,22,26). The molecule has 2 rings (SSSR count). The Hall–Kier alpha value is -3.31. The summed E-state index contributed by atoms with van der Waals surface area (Å²) in [6.07, 6.45) is -2.81. The highest BCUT2D eigenvalue weighted by Crippen LogP contribution is 2.34. The van der Waals surface area contributed by atoms with E-state index in [2.05, 4.69) is 24.3 Å². The van der Waals surface area contributed by atoms with Crippen molar-refractivity contribution in [3.05, 3.63) is 35.5 Å². The number of esters is 2. The van der Waals surface area contributed by atoms with Gasteiger partial charge in [-0.1, -0.05) is 0 Å². The summed E-state index contributed by atoms with van der Waals surface area (Å²) in [7, 11) is 2.36. The smallest absolute Gasteiger partial charge is 0.450 e. The molecule has 0 aliphatic carbocycles. The zero-order valence-corrected chi connectivity index (χ0v) is 15.7. The molecule has 1 amide bonds. The van der Waals surface area contributed by atoms with E-state index in [1.165, 1.54) is 38.2 Å². The third kappa shape index (κ3) is 5.59. The molecule has 1 N–H and O–H groups in total. The summed E-state index contributed by atoms with van der Waals surface area (Å²) in [5.74, 6) is -3.75. The number of aromatic nitrogens is 2. The molecule has 0 aliphatic heterocycles. The Kier molecular flexibility index (Phi) is 6.67. The molecule has 0 radical (unpaired) electrons. The topological polar surface area (TPSA) is 113 Å². The first-order chi connectivity index (χ1) is 13.5. The Morgan fingerprint density at radius 2 is 1.79 bits per heavy atom. The third-order valence-electron chi connectivity index (χ3n) is 3.85. The van der Waals surface area contributed by atoms with Crippen LogP contribution in [0.5, 0.6) is 0 Å². The lowest BCUT2D eigenvalue weighted by Crippen LogP contribution is -2.20. The lowest BCUT2D eigenvalue weighted by molar-refractivity contribution is -0.153. The average molecular weight is 417 g/mol. The first-order valence-corrected chi connectivity index (χ1v) is 8.22. The zero-order chi connectivity index (χ0) is 21.8. The van der Waals surface area contributed by atoms with Gasteiger partial charge in [0.05, 0.1) is 50.6 Å². The fourth-order valence-corrected chi connectivity index (χ4v) is 2.50. The monoisotopic (exact) mass is 417 g/mol. The maximum absolute atomic E-state index is 13.0. The number of alkyl halides is 3. The van der Waals surface area contributed by atoms with E-state index in [1.54, 1.807) is 0 Å². The molecule has 2 heterocycles. The van der Waals surface area contributed by atoms with Gasteiger partial charge < -0.3 is 19.2 Å². The van der Waals surface area contributed by atoms with Gasteiger partial charge in [-0.25, -0.2) is 0 Å². The molecule has 9 nitrogen and oxygen atoms in total. The lowest BCUT2D eigenvalue weighted by Gasteiger charge is -2.15. The van der Waals surface area contributed by atoms with Gasteiger partial charge in [-0.15, -0.1) is 0 Å². The highest BCUT2D eigenvalue weighted by atomic mass is 19.4. The number of amides is 1. The highest BCUT2D eigenvalue weighted by Gasteiger charge is 2.40. The summed E-state index contributed by atoms with van der Waals surface area (Å²) < 4.78 is 54.0. The van der Waals surface area contributed by atoms with Crippen molar-refractivity contribution in [2.45, 2.75) is 32.0 Å². The number of carbonyl (C=O) groups is 3. The van der Waals surface area contributed by atoms with Crippen LogP contribution in [0, 0.1) is 6.92 Å². The Morgan fingerprint density at radius 1 is 1.21 bits per heavy atom. The van der Waals surface area contributed by atoms with Crippen LogP contribution in [0.1, 0.15) is 40.8 Å². The van der Waals surface area contributed by atoms with Crippen LogP contribution in [0.3, 0.4) is 0 Å². The molecular formula is C17H18F3N3O6. The van der Waals surface area contributed by atoms with Crippen molar-refractivity contribution in [3.8, 4) is 0 Å². The lowest BCUT2D eigenvalue weighted by atomic mass is 10.1. The summed E-state index contributed by atoms with van der Waals surface area (Å²) >= 11 is 0. The number of nitrogens with zero attached hydrogens (tertiary/aromatic N) is 2. The number of carbonyl (C=O) groups excluding carboxylic acids is 3. The van der Waals surface area contributed by atoms with E-state index < -0.39 is 41.4 Å². The van der Waals surface area contributed by atoms with Crippen LogP contribution < -0.4 is 5.32 Å². The third-order valence-corrected chi connectivity index (χ3v) is 3.85. The van der Waals surface area contributed by atoms with E-state index in [9.17, 15) is 27.6 Å². The average Bonchev–Trinajstić information content (AvgIpc) is 3.27. The molecule has 0 bridgehead atoms. The van der Waals surface area contributed by atoms with Crippen LogP contribution in [0.4, 0.5) is 18.9 Å². The maximum atomic E-state index is 13.0. The van der Waals surface area contributed by atoms with E-state index in [0.717, 1.165) is 6.07 Å². The molecule has 0 atom stereocenters. The number of rotatable bonds is 7. The second kappa shape index (κ2) is 8.80. The number of hydrogen-bond acceptors (Lipinski definition) is 7. The molecule has 0 saturated heterocycles. The van der Waals surface area contributed by atoms with Crippen LogP contribution in [0.15, 0.2) is 22.9 Å². The van der Waals surface area contributed by atoms with E-state index >= 15 is 0 Å². The van der Waals surface area contributed by atoms with E-state index in [4.69, 9.17) is 0 Å². The van der Waals surface area contributed by atoms with Crippen LogP contribution >= 0.6 is 0 Å². The van der Waals surface area contributed by atoms with Crippen molar-refractivity contribution in [2.24, 2.45) is 0 Å². The Morgan fingerprint density at radius 3 is 2.31 bits per heavy atom. The fourth-order valence-electron chi connectivity index (χ4n) is 2.50. The normalized spacial score (nSPS) is 11.4. The van der Waals surface area contributed by atoms with Crippen molar-refractivity contribution < 1.29 is 41.4 Å². The zero-order valence-electron chi connectivity index (χ0n) is 15.7. The minimum absolute atomic E-state index is 0.0571. The van der Waals surface area contributed by atoms with E-state index in [-0.39, 0.29) is 24.3 Å². The number of methoxy groups -OCH3 is 2. The summed E-state index contributed by atoms with van der Waals surface area (Å²) in [4.78, 5) is 35.4. The van der Waals surface area contributed by atoms with E-state index in [1.807, 2.05) is 0 Å². The predicted octanol–water partition coefficient (Wildman–Crippen LogP) is 2.72. The second-order valence-corrected chi connectivity index (χ2v) is 5.98. The Bertz CT molecular complexity index is 885. The van der Waals surface area contributed by atoms with Gasteiger partial charge in [-0.3, -0.25) is 19.1 Å². The number of hydrogen-bond donors (Lipinski definition) is 1. The van der Waals surface area contributed by atoms with Crippen molar-refractivity contribution in [3.63, 3.8) is 0 Å². The Labute approximate surface area is 162 Å². The minimum Gasteiger partial charge on any atom is -0.469 e. The molecule has 0 saturated carbocycles. The molecule has 0 spiro atoms. The summed E-state index contributed by atoms with van der Waals surface area (Å²) in [6, 6.07) is 0.197. The number of furan rings is 1. The summed E-state index contributed by atoms with van der Waals surface area (Å²) in [5, 5.41) is 6.23. The molecule has 0 fully saturated rings. The van der Waals surface area contributed by atoms with Crippen molar-refractivity contribution in [1.29, 1.82) is 0 Å². The first-order valence-electron chi connectivity index (χ1n) is 8.22. The molecule has 158 valence electrons. The van der Waals surface area contributed by atoms with Crippen molar-refractivity contribution in [2.75, 3.05) is 19.5 Å². The van der Waals surface area contributed by atoms with Crippen molar-refractivity contribution >= 4 is 23.5 Å². The minimum atomic E-state index is -4.84. The number of nitrogens with one attached hydrogen (secondary N) is 1. The number of aryl methyl sites for hydroxylation is 1. The summed E-state index contributed by atoms with van der Waals surface area (Å²) in [6.45, 7) is 1.29. The SMILES string of the molecule is COC(=O)CC(CC(=O)OC)n1cc(NC(=O)c2cc(C)oc2C(F)(F)F)cn1. The van der Waals surface area contributed by atoms with Gasteiger partial charge in [0.25, 0.3) is 5.91 Å². The number of anilines is 1. The molecule has 0 aliphatic rings. The highest BCUT2D eigenvalue weighted by molar-refractivity contribution is 6.05.